The Morgan fingerprint density at radius 1 is 1.35 bits per heavy atom. The number of amides is 1. The van der Waals surface area contributed by atoms with Gasteiger partial charge in [0.15, 0.2) is 0 Å². The highest BCUT2D eigenvalue weighted by Crippen LogP contribution is 2.21. The molecule has 0 saturated carbocycles. The van der Waals surface area contributed by atoms with Crippen LogP contribution in [-0.4, -0.2) is 10.5 Å². The molecule has 4 nitrogen and oxygen atoms in total. The van der Waals surface area contributed by atoms with E-state index in [9.17, 15) is 13.6 Å². The van der Waals surface area contributed by atoms with Crippen LogP contribution in [0.1, 0.15) is 29.0 Å². The summed E-state index contributed by atoms with van der Waals surface area (Å²) in [6.07, 6.45) is 1.59. The SMILES string of the molecule is CC(NC(=O)c1cc(N)cn1C)c1c(F)cccc1F. The number of aromatic nitrogens is 1. The first-order valence-electron chi connectivity index (χ1n) is 6.06. The van der Waals surface area contributed by atoms with Crippen LogP contribution in [0.5, 0.6) is 0 Å². The molecule has 1 atom stereocenters. The van der Waals surface area contributed by atoms with Crippen LogP contribution >= 0.6 is 0 Å². The molecule has 0 aliphatic heterocycles. The minimum atomic E-state index is -0.792. The third kappa shape index (κ3) is 2.64. The molecular weight excluding hydrogens is 264 g/mol. The predicted molar refractivity (Wildman–Crippen MR) is 72.1 cm³/mol. The Morgan fingerprint density at radius 2 is 1.95 bits per heavy atom. The molecule has 0 aliphatic carbocycles. The molecular formula is C14H15F2N3O. The molecule has 2 rings (SSSR count). The summed E-state index contributed by atoms with van der Waals surface area (Å²) in [6.45, 7) is 1.52. The van der Waals surface area contributed by atoms with E-state index in [0.717, 1.165) is 12.1 Å². The van der Waals surface area contributed by atoms with Crippen molar-refractivity contribution in [3.8, 4) is 0 Å². The minimum Gasteiger partial charge on any atom is -0.397 e. The fourth-order valence-corrected chi connectivity index (χ4v) is 2.08. The fourth-order valence-electron chi connectivity index (χ4n) is 2.08. The molecule has 0 radical (unpaired) electrons. The van der Waals surface area contributed by atoms with E-state index in [4.69, 9.17) is 5.73 Å². The number of carbonyl (C=O) groups is 1. The number of halogens is 2. The highest BCUT2D eigenvalue weighted by Gasteiger charge is 2.19. The van der Waals surface area contributed by atoms with Gasteiger partial charge in [-0.3, -0.25) is 4.79 Å². The third-order valence-corrected chi connectivity index (χ3v) is 3.04. The maximum Gasteiger partial charge on any atom is 0.268 e. The van der Waals surface area contributed by atoms with Crippen molar-refractivity contribution in [3.05, 3.63) is 53.4 Å². The second kappa shape index (κ2) is 5.32. The Labute approximate surface area is 115 Å². The van der Waals surface area contributed by atoms with Gasteiger partial charge in [0.1, 0.15) is 17.3 Å². The normalized spacial score (nSPS) is 12.2. The summed E-state index contributed by atoms with van der Waals surface area (Å²) in [4.78, 5) is 12.1. The van der Waals surface area contributed by atoms with Gasteiger partial charge in [0.2, 0.25) is 0 Å². The van der Waals surface area contributed by atoms with E-state index in [1.165, 1.54) is 19.1 Å². The Bertz CT molecular complexity index is 632. The quantitative estimate of drug-likeness (QED) is 0.906. The summed E-state index contributed by atoms with van der Waals surface area (Å²) in [6, 6.07) is 4.29. The smallest absolute Gasteiger partial charge is 0.268 e. The molecule has 1 amide bonds. The van der Waals surface area contributed by atoms with E-state index in [0.29, 0.717) is 11.4 Å². The van der Waals surface area contributed by atoms with Crippen LogP contribution < -0.4 is 11.1 Å². The zero-order chi connectivity index (χ0) is 14.9. The van der Waals surface area contributed by atoms with Crippen molar-refractivity contribution in [3.63, 3.8) is 0 Å². The van der Waals surface area contributed by atoms with Crippen LogP contribution in [-0.2, 0) is 7.05 Å². The molecule has 6 heteroatoms. The molecule has 0 spiro atoms. The van der Waals surface area contributed by atoms with E-state index < -0.39 is 23.6 Å². The number of hydrogen-bond donors (Lipinski definition) is 2. The standard InChI is InChI=1S/C14H15F2N3O/c1-8(13-10(15)4-3-5-11(13)16)18-14(20)12-6-9(17)7-19(12)2/h3-8H,17H2,1-2H3,(H,18,20). The Morgan fingerprint density at radius 3 is 2.45 bits per heavy atom. The van der Waals surface area contributed by atoms with E-state index in [1.807, 2.05) is 0 Å². The summed E-state index contributed by atoms with van der Waals surface area (Å²) in [5.74, 6) is -1.83. The Balaban J connectivity index is 2.22. The first-order valence-corrected chi connectivity index (χ1v) is 6.06. The Kier molecular flexibility index (Phi) is 3.74. The number of anilines is 1. The van der Waals surface area contributed by atoms with Crippen molar-refractivity contribution in [1.82, 2.24) is 9.88 Å². The van der Waals surface area contributed by atoms with Gasteiger partial charge in [0.05, 0.1) is 11.7 Å². The topological polar surface area (TPSA) is 60.1 Å². The molecule has 3 N–H and O–H groups in total. The molecule has 0 saturated heterocycles. The lowest BCUT2D eigenvalue weighted by molar-refractivity contribution is 0.0930. The van der Waals surface area contributed by atoms with E-state index >= 15 is 0 Å². The average molecular weight is 279 g/mol. The predicted octanol–water partition coefficient (Wildman–Crippen LogP) is 2.38. The fraction of sp³-hybridized carbons (Fsp3) is 0.214. The highest BCUT2D eigenvalue weighted by molar-refractivity contribution is 5.94. The van der Waals surface area contributed by atoms with Crippen LogP contribution in [0.15, 0.2) is 30.5 Å². The lowest BCUT2D eigenvalue weighted by atomic mass is 10.1. The van der Waals surface area contributed by atoms with Crippen LogP contribution in [0.25, 0.3) is 0 Å². The zero-order valence-electron chi connectivity index (χ0n) is 11.2. The van der Waals surface area contributed by atoms with Crippen molar-refractivity contribution in [2.45, 2.75) is 13.0 Å². The first-order chi connectivity index (χ1) is 9.40. The molecule has 0 fully saturated rings. The lowest BCUT2D eigenvalue weighted by Gasteiger charge is -2.16. The summed E-state index contributed by atoms with van der Waals surface area (Å²) in [5, 5.41) is 2.55. The molecule has 0 aliphatic rings. The van der Waals surface area contributed by atoms with Gasteiger partial charge in [-0.05, 0) is 25.1 Å². The number of aryl methyl sites for hydroxylation is 1. The number of nitrogens with zero attached hydrogens (tertiary/aromatic N) is 1. The summed E-state index contributed by atoms with van der Waals surface area (Å²) in [7, 11) is 1.67. The van der Waals surface area contributed by atoms with Gasteiger partial charge in [-0.2, -0.15) is 0 Å². The molecule has 1 aromatic carbocycles. The minimum absolute atomic E-state index is 0.164. The van der Waals surface area contributed by atoms with Crippen molar-refractivity contribution in [2.75, 3.05) is 5.73 Å². The zero-order valence-corrected chi connectivity index (χ0v) is 11.2. The van der Waals surface area contributed by atoms with Gasteiger partial charge >= 0.3 is 0 Å². The van der Waals surface area contributed by atoms with E-state index in [1.54, 1.807) is 17.8 Å². The maximum absolute atomic E-state index is 13.6. The number of nitrogen functional groups attached to an aromatic ring is 1. The summed E-state index contributed by atoms with van der Waals surface area (Å²) >= 11 is 0. The first kappa shape index (κ1) is 14.0. The second-order valence-electron chi connectivity index (χ2n) is 4.60. The number of rotatable bonds is 3. The van der Waals surface area contributed by atoms with Crippen LogP contribution in [0, 0.1) is 11.6 Å². The summed E-state index contributed by atoms with van der Waals surface area (Å²) < 4.78 is 28.8. The average Bonchev–Trinajstić information content (AvgIpc) is 2.68. The number of nitrogens with two attached hydrogens (primary N) is 1. The highest BCUT2D eigenvalue weighted by atomic mass is 19.1. The number of benzene rings is 1. The maximum atomic E-state index is 13.6. The van der Waals surface area contributed by atoms with Crippen molar-refractivity contribution >= 4 is 11.6 Å². The van der Waals surface area contributed by atoms with E-state index in [-0.39, 0.29) is 5.56 Å². The number of nitrogens with one attached hydrogen (secondary N) is 1. The molecule has 2 aromatic rings. The third-order valence-electron chi connectivity index (χ3n) is 3.04. The second-order valence-corrected chi connectivity index (χ2v) is 4.60. The van der Waals surface area contributed by atoms with Crippen LogP contribution in [0.2, 0.25) is 0 Å². The van der Waals surface area contributed by atoms with Crippen LogP contribution in [0.4, 0.5) is 14.5 Å². The molecule has 1 unspecified atom stereocenters. The van der Waals surface area contributed by atoms with Gasteiger partial charge in [0.25, 0.3) is 5.91 Å². The monoisotopic (exact) mass is 279 g/mol. The van der Waals surface area contributed by atoms with Crippen molar-refractivity contribution in [1.29, 1.82) is 0 Å². The van der Waals surface area contributed by atoms with Gasteiger partial charge in [-0.25, -0.2) is 8.78 Å². The van der Waals surface area contributed by atoms with E-state index in [2.05, 4.69) is 5.32 Å². The van der Waals surface area contributed by atoms with Crippen molar-refractivity contribution in [2.24, 2.45) is 7.05 Å². The summed E-state index contributed by atoms with van der Waals surface area (Å²) in [5.41, 5.74) is 6.19. The largest absolute Gasteiger partial charge is 0.397 e. The van der Waals surface area contributed by atoms with Crippen molar-refractivity contribution < 1.29 is 13.6 Å². The number of carbonyl (C=O) groups excluding carboxylic acids is 1. The van der Waals surface area contributed by atoms with Gasteiger partial charge in [0, 0.05) is 18.8 Å². The molecule has 0 bridgehead atoms. The molecule has 20 heavy (non-hydrogen) atoms. The Hall–Kier alpha value is -2.37. The molecule has 1 heterocycles. The van der Waals surface area contributed by atoms with Gasteiger partial charge in [-0.15, -0.1) is 0 Å². The van der Waals surface area contributed by atoms with Crippen LogP contribution in [0.3, 0.4) is 0 Å². The van der Waals surface area contributed by atoms with Gasteiger partial charge < -0.3 is 15.6 Å². The van der Waals surface area contributed by atoms with Gasteiger partial charge in [-0.1, -0.05) is 6.07 Å². The molecule has 106 valence electrons. The molecule has 1 aromatic heterocycles. The lowest BCUT2D eigenvalue weighted by Crippen LogP contribution is -2.29. The number of hydrogen-bond acceptors (Lipinski definition) is 2.